The van der Waals surface area contributed by atoms with Gasteiger partial charge in [0.05, 0.1) is 11.1 Å². The van der Waals surface area contributed by atoms with Gasteiger partial charge in [-0.3, -0.25) is 0 Å². The minimum absolute atomic E-state index is 0.136. The maximum atomic E-state index is 13.1. The van der Waals surface area contributed by atoms with Gasteiger partial charge in [-0.2, -0.15) is 34.8 Å². The van der Waals surface area contributed by atoms with Crippen LogP contribution in [0.25, 0.3) is 0 Å². The Morgan fingerprint density at radius 3 is 1.84 bits per heavy atom. The number of hydrogen-bond acceptors (Lipinski definition) is 3. The zero-order chi connectivity index (χ0) is 19.0. The first-order valence-corrected chi connectivity index (χ1v) is 7.70. The van der Waals surface area contributed by atoms with Gasteiger partial charge in [-0.05, 0) is 42.5 Å². The van der Waals surface area contributed by atoms with Gasteiger partial charge in [0.25, 0.3) is 0 Å². The van der Waals surface area contributed by atoms with Crippen LogP contribution in [-0.4, -0.2) is 8.42 Å². The summed E-state index contributed by atoms with van der Waals surface area (Å²) in [6, 6.07) is 3.27. The average molecular weight is 388 g/mol. The molecule has 0 aliphatic carbocycles. The van der Waals surface area contributed by atoms with Crippen molar-refractivity contribution < 1.29 is 43.3 Å². The molecule has 0 fully saturated rings. The largest absolute Gasteiger partial charge is 0.419 e. The first kappa shape index (κ1) is 19.0. The van der Waals surface area contributed by atoms with E-state index in [0.717, 1.165) is 0 Å². The Bertz CT molecular complexity index is 869. The lowest BCUT2D eigenvalue weighted by molar-refractivity contribution is -0.140. The first-order valence-electron chi connectivity index (χ1n) is 6.29. The summed E-state index contributed by atoms with van der Waals surface area (Å²) in [6.07, 6.45) is -9.77. The molecule has 3 nitrogen and oxygen atoms in total. The minimum Gasteiger partial charge on any atom is -0.379 e. The van der Waals surface area contributed by atoms with Crippen LogP contribution < -0.4 is 4.18 Å². The highest BCUT2D eigenvalue weighted by molar-refractivity contribution is 7.87. The molecule has 0 aliphatic rings. The quantitative estimate of drug-likeness (QED) is 0.569. The third-order valence-electron chi connectivity index (χ3n) is 2.92. The maximum absolute atomic E-state index is 13.1. The van der Waals surface area contributed by atoms with Crippen molar-refractivity contribution in [1.82, 2.24) is 0 Å². The van der Waals surface area contributed by atoms with Crippen LogP contribution in [0.3, 0.4) is 0 Å². The van der Waals surface area contributed by atoms with Crippen molar-refractivity contribution in [2.75, 3.05) is 0 Å². The van der Waals surface area contributed by atoms with Crippen molar-refractivity contribution in [2.24, 2.45) is 0 Å². The molecular formula is C14H7F7O3S. The summed E-state index contributed by atoms with van der Waals surface area (Å²) in [5.74, 6) is -2.47. The molecule has 0 saturated heterocycles. The maximum Gasteiger partial charge on any atom is 0.419 e. The van der Waals surface area contributed by atoms with Crippen LogP contribution in [0.1, 0.15) is 11.1 Å². The number of rotatable bonds is 3. The predicted molar refractivity (Wildman–Crippen MR) is 70.7 cm³/mol. The van der Waals surface area contributed by atoms with Crippen molar-refractivity contribution in [3.63, 3.8) is 0 Å². The smallest absolute Gasteiger partial charge is 0.379 e. The Labute approximate surface area is 136 Å². The van der Waals surface area contributed by atoms with E-state index in [4.69, 9.17) is 0 Å². The van der Waals surface area contributed by atoms with Gasteiger partial charge in [0.2, 0.25) is 0 Å². The normalized spacial score (nSPS) is 12.9. The third-order valence-corrected chi connectivity index (χ3v) is 4.18. The molecular weight excluding hydrogens is 381 g/mol. The summed E-state index contributed by atoms with van der Waals surface area (Å²) in [6.45, 7) is 0. The van der Waals surface area contributed by atoms with E-state index in [1.165, 1.54) is 0 Å². The van der Waals surface area contributed by atoms with Gasteiger partial charge >= 0.3 is 22.5 Å². The highest BCUT2D eigenvalue weighted by Crippen LogP contribution is 2.34. The van der Waals surface area contributed by atoms with Gasteiger partial charge in [-0.15, -0.1) is 0 Å². The molecule has 0 unspecified atom stereocenters. The Morgan fingerprint density at radius 1 is 0.800 bits per heavy atom. The van der Waals surface area contributed by atoms with Crippen LogP contribution in [0, 0.1) is 5.82 Å². The predicted octanol–water partition coefficient (Wildman–Crippen LogP) is 4.63. The molecule has 0 heterocycles. The zero-order valence-corrected chi connectivity index (χ0v) is 12.6. The standard InChI is InChI=1S/C14H7F7O3S/c15-12-6-3-9(7-11(12)14(19,20)21)24-25(22,23)10-4-1-8(2-5-10)13(16,17)18/h1-7H. The highest BCUT2D eigenvalue weighted by Gasteiger charge is 2.35. The van der Waals surface area contributed by atoms with E-state index in [1.54, 1.807) is 0 Å². The molecule has 0 radical (unpaired) electrons. The highest BCUT2D eigenvalue weighted by atomic mass is 32.2. The van der Waals surface area contributed by atoms with Crippen LogP contribution >= 0.6 is 0 Å². The molecule has 2 aromatic carbocycles. The fraction of sp³-hybridized carbons (Fsp3) is 0.143. The lowest BCUT2D eigenvalue weighted by Crippen LogP contribution is -2.13. The minimum atomic E-state index is -5.08. The van der Waals surface area contributed by atoms with Crippen LogP contribution in [0.2, 0.25) is 0 Å². The summed E-state index contributed by atoms with van der Waals surface area (Å²) in [4.78, 5) is -0.710. The molecule has 0 saturated carbocycles. The fourth-order valence-corrected chi connectivity index (χ4v) is 2.68. The molecule has 0 aromatic heterocycles. The van der Waals surface area contributed by atoms with E-state index >= 15 is 0 Å². The Morgan fingerprint density at radius 2 is 1.36 bits per heavy atom. The third kappa shape index (κ3) is 4.41. The second kappa shape index (κ2) is 6.21. The van der Waals surface area contributed by atoms with Gasteiger partial charge < -0.3 is 4.18 Å². The van der Waals surface area contributed by atoms with Crippen LogP contribution in [0.15, 0.2) is 47.4 Å². The summed E-state index contributed by atoms with van der Waals surface area (Å²) in [5.41, 5.74) is -2.86. The Hall–Kier alpha value is -2.30. The second-order valence-corrected chi connectivity index (χ2v) is 6.25. The van der Waals surface area contributed by atoms with Crippen molar-refractivity contribution in [1.29, 1.82) is 0 Å². The second-order valence-electron chi connectivity index (χ2n) is 4.70. The molecule has 0 amide bonds. The van der Waals surface area contributed by atoms with E-state index in [9.17, 15) is 39.2 Å². The molecule has 0 atom stereocenters. The summed E-state index contributed by atoms with van der Waals surface area (Å²) in [5, 5.41) is 0. The molecule has 0 N–H and O–H groups in total. The van der Waals surface area contributed by atoms with E-state index in [-0.39, 0.29) is 6.07 Å². The Balaban J connectivity index is 2.33. The molecule has 136 valence electrons. The van der Waals surface area contributed by atoms with Crippen molar-refractivity contribution in [2.45, 2.75) is 17.2 Å². The summed E-state index contributed by atoms with van der Waals surface area (Å²) < 4.78 is 117. The van der Waals surface area contributed by atoms with Crippen LogP contribution in [0.5, 0.6) is 5.75 Å². The van der Waals surface area contributed by atoms with E-state index in [0.29, 0.717) is 36.4 Å². The lowest BCUT2D eigenvalue weighted by Gasteiger charge is -2.12. The molecule has 0 aliphatic heterocycles. The Kier molecular flexibility index (Phi) is 4.73. The lowest BCUT2D eigenvalue weighted by atomic mass is 10.2. The van der Waals surface area contributed by atoms with Crippen molar-refractivity contribution in [3.8, 4) is 5.75 Å². The molecule has 25 heavy (non-hydrogen) atoms. The van der Waals surface area contributed by atoms with Gasteiger partial charge in [0.1, 0.15) is 16.5 Å². The van der Waals surface area contributed by atoms with Crippen molar-refractivity contribution in [3.05, 3.63) is 59.4 Å². The molecule has 2 aromatic rings. The van der Waals surface area contributed by atoms with Crippen LogP contribution in [-0.2, 0) is 22.5 Å². The van der Waals surface area contributed by atoms with Gasteiger partial charge in [0, 0.05) is 0 Å². The molecule has 0 spiro atoms. The monoisotopic (exact) mass is 388 g/mol. The molecule has 11 heteroatoms. The first-order chi connectivity index (χ1) is 11.3. The van der Waals surface area contributed by atoms with E-state index < -0.39 is 50.1 Å². The van der Waals surface area contributed by atoms with Gasteiger partial charge in [-0.1, -0.05) is 0 Å². The van der Waals surface area contributed by atoms with Gasteiger partial charge in [-0.25, -0.2) is 4.39 Å². The molecule has 2 rings (SSSR count). The average Bonchev–Trinajstić information content (AvgIpc) is 2.47. The summed E-state index contributed by atoms with van der Waals surface area (Å²) in [7, 11) is -4.71. The SMILES string of the molecule is O=S(=O)(Oc1ccc(F)c(C(F)(F)F)c1)c1ccc(C(F)(F)F)cc1. The number of benzene rings is 2. The topological polar surface area (TPSA) is 43.4 Å². The molecule has 0 bridgehead atoms. The van der Waals surface area contributed by atoms with E-state index in [1.807, 2.05) is 0 Å². The fourth-order valence-electron chi connectivity index (χ4n) is 1.76. The number of halogens is 7. The number of hydrogen-bond donors (Lipinski definition) is 0. The number of alkyl halides is 6. The van der Waals surface area contributed by atoms with Crippen LogP contribution in [0.4, 0.5) is 30.7 Å². The zero-order valence-electron chi connectivity index (χ0n) is 11.8. The van der Waals surface area contributed by atoms with E-state index in [2.05, 4.69) is 4.18 Å². The summed E-state index contributed by atoms with van der Waals surface area (Å²) >= 11 is 0. The van der Waals surface area contributed by atoms with Crippen molar-refractivity contribution >= 4 is 10.1 Å². The van der Waals surface area contributed by atoms with Gasteiger partial charge in [0.15, 0.2) is 0 Å².